The Morgan fingerprint density at radius 1 is 1.33 bits per heavy atom. The van der Waals surface area contributed by atoms with Crippen molar-refractivity contribution in [2.24, 2.45) is 0 Å². The quantitative estimate of drug-likeness (QED) is 0.692. The molecule has 0 fully saturated rings. The van der Waals surface area contributed by atoms with E-state index in [1.54, 1.807) is 30.5 Å². The molecule has 0 radical (unpaired) electrons. The molecule has 0 aliphatic carbocycles. The fourth-order valence-corrected chi connectivity index (χ4v) is 2.68. The highest BCUT2D eigenvalue weighted by Gasteiger charge is 2.11. The Hall–Kier alpha value is -3.29. The third kappa shape index (κ3) is 4.28. The minimum absolute atomic E-state index is 0.137. The maximum atomic E-state index is 13.5. The van der Waals surface area contributed by atoms with Gasteiger partial charge in [0.1, 0.15) is 5.82 Å². The van der Waals surface area contributed by atoms with Crippen LogP contribution in [0, 0.1) is 5.82 Å². The third-order valence-electron chi connectivity index (χ3n) is 4.04. The predicted molar refractivity (Wildman–Crippen MR) is 97.9 cm³/mol. The van der Waals surface area contributed by atoms with Gasteiger partial charge in [-0.3, -0.25) is 4.79 Å². The number of nitrogens with zero attached hydrogens (tertiary/aromatic N) is 4. The van der Waals surface area contributed by atoms with Crippen LogP contribution in [0.2, 0.25) is 0 Å². The summed E-state index contributed by atoms with van der Waals surface area (Å²) in [5.74, 6) is 0.287. The van der Waals surface area contributed by atoms with Gasteiger partial charge in [-0.1, -0.05) is 19.1 Å². The Bertz CT molecular complexity index is 941. The van der Waals surface area contributed by atoms with Crippen molar-refractivity contribution in [3.8, 4) is 17.3 Å². The number of halogens is 1. The molecule has 0 spiro atoms. The zero-order valence-corrected chi connectivity index (χ0v) is 15.1. The molecule has 1 N–H and O–H groups in total. The van der Waals surface area contributed by atoms with E-state index in [9.17, 15) is 9.18 Å². The Morgan fingerprint density at radius 3 is 2.96 bits per heavy atom. The van der Waals surface area contributed by atoms with Gasteiger partial charge in [0.2, 0.25) is 5.82 Å². The summed E-state index contributed by atoms with van der Waals surface area (Å²) in [6, 6.07) is 6.85. The second kappa shape index (κ2) is 8.39. The minimum Gasteiger partial charge on any atom is -0.479 e. The molecule has 7 nitrogen and oxygen atoms in total. The second-order valence-electron chi connectivity index (χ2n) is 5.78. The molecule has 0 aliphatic rings. The lowest BCUT2D eigenvalue weighted by Crippen LogP contribution is -2.27. The first-order valence-electron chi connectivity index (χ1n) is 8.57. The SMILES string of the molecule is CCc1nccn1CCNC(=O)c1cccc(-c2ncc(F)c(OC)n2)c1. The topological polar surface area (TPSA) is 81.9 Å². The smallest absolute Gasteiger partial charge is 0.253 e. The number of methoxy groups -OCH3 is 1. The van der Waals surface area contributed by atoms with E-state index in [4.69, 9.17) is 4.74 Å². The average Bonchev–Trinajstić information content (AvgIpc) is 3.16. The Balaban J connectivity index is 1.68. The summed E-state index contributed by atoms with van der Waals surface area (Å²) < 4.78 is 20.4. The molecule has 2 heterocycles. The van der Waals surface area contributed by atoms with Crippen LogP contribution in [0.4, 0.5) is 4.39 Å². The molecular formula is C19H20FN5O2. The number of ether oxygens (including phenoxy) is 1. The van der Waals surface area contributed by atoms with E-state index in [1.165, 1.54) is 7.11 Å². The fourth-order valence-electron chi connectivity index (χ4n) is 2.68. The third-order valence-corrected chi connectivity index (χ3v) is 4.04. The maximum absolute atomic E-state index is 13.5. The molecule has 1 amide bonds. The zero-order chi connectivity index (χ0) is 19.2. The van der Waals surface area contributed by atoms with E-state index >= 15 is 0 Å². The standard InChI is InChI=1S/C19H20FN5O2/c1-3-16-21-7-9-25(16)10-8-22-18(26)14-6-4-5-13(11-14)17-23-12-15(20)19(24-17)27-2/h4-7,9,11-12H,3,8,10H2,1-2H3,(H,22,26). The lowest BCUT2D eigenvalue weighted by atomic mass is 10.1. The summed E-state index contributed by atoms with van der Waals surface area (Å²) in [5.41, 5.74) is 1.07. The van der Waals surface area contributed by atoms with Crippen LogP contribution in [-0.2, 0) is 13.0 Å². The van der Waals surface area contributed by atoms with Gasteiger partial charge in [-0.25, -0.2) is 9.97 Å². The van der Waals surface area contributed by atoms with Crippen LogP contribution in [0.3, 0.4) is 0 Å². The number of imidazole rings is 1. The minimum atomic E-state index is -0.638. The number of aryl methyl sites for hydroxylation is 1. The first-order valence-corrected chi connectivity index (χ1v) is 8.57. The molecule has 0 saturated carbocycles. The summed E-state index contributed by atoms with van der Waals surface area (Å²) in [4.78, 5) is 24.7. The highest BCUT2D eigenvalue weighted by Crippen LogP contribution is 2.20. The van der Waals surface area contributed by atoms with Crippen molar-refractivity contribution in [2.45, 2.75) is 19.9 Å². The highest BCUT2D eigenvalue weighted by molar-refractivity contribution is 5.95. The van der Waals surface area contributed by atoms with Gasteiger partial charge in [0, 0.05) is 43.0 Å². The molecule has 0 aliphatic heterocycles. The lowest BCUT2D eigenvalue weighted by Gasteiger charge is -2.09. The van der Waals surface area contributed by atoms with Crippen molar-refractivity contribution in [3.05, 3.63) is 60.1 Å². The summed E-state index contributed by atoms with van der Waals surface area (Å²) in [6.07, 6.45) is 5.53. The van der Waals surface area contributed by atoms with Crippen LogP contribution in [-0.4, -0.2) is 39.1 Å². The van der Waals surface area contributed by atoms with E-state index in [0.29, 0.717) is 24.2 Å². The average molecular weight is 369 g/mol. The number of amides is 1. The van der Waals surface area contributed by atoms with Crippen molar-refractivity contribution in [3.63, 3.8) is 0 Å². The number of carbonyl (C=O) groups is 1. The molecule has 0 unspecified atom stereocenters. The Kier molecular flexibility index (Phi) is 5.75. The van der Waals surface area contributed by atoms with E-state index < -0.39 is 5.82 Å². The maximum Gasteiger partial charge on any atom is 0.253 e. The van der Waals surface area contributed by atoms with Gasteiger partial charge in [-0.15, -0.1) is 0 Å². The van der Waals surface area contributed by atoms with Crippen LogP contribution in [0.25, 0.3) is 11.4 Å². The zero-order valence-electron chi connectivity index (χ0n) is 15.1. The van der Waals surface area contributed by atoms with Crippen molar-refractivity contribution in [2.75, 3.05) is 13.7 Å². The molecule has 3 rings (SSSR count). The van der Waals surface area contributed by atoms with Gasteiger partial charge in [0.05, 0.1) is 13.3 Å². The van der Waals surface area contributed by atoms with Crippen LogP contribution in [0.15, 0.2) is 42.9 Å². The molecule has 3 aromatic rings. The van der Waals surface area contributed by atoms with E-state index in [2.05, 4.69) is 20.3 Å². The van der Waals surface area contributed by atoms with E-state index in [0.717, 1.165) is 18.4 Å². The van der Waals surface area contributed by atoms with Gasteiger partial charge < -0.3 is 14.6 Å². The molecule has 2 aromatic heterocycles. The number of hydrogen-bond acceptors (Lipinski definition) is 5. The summed E-state index contributed by atoms with van der Waals surface area (Å²) in [6.45, 7) is 3.16. The van der Waals surface area contributed by atoms with E-state index in [1.807, 2.05) is 17.7 Å². The van der Waals surface area contributed by atoms with Gasteiger partial charge >= 0.3 is 0 Å². The van der Waals surface area contributed by atoms with Gasteiger partial charge in [0.25, 0.3) is 11.8 Å². The van der Waals surface area contributed by atoms with Crippen molar-refractivity contribution in [1.82, 2.24) is 24.8 Å². The van der Waals surface area contributed by atoms with Crippen molar-refractivity contribution < 1.29 is 13.9 Å². The lowest BCUT2D eigenvalue weighted by molar-refractivity contribution is 0.0952. The second-order valence-corrected chi connectivity index (χ2v) is 5.78. The number of nitrogens with one attached hydrogen (secondary N) is 1. The van der Waals surface area contributed by atoms with E-state index in [-0.39, 0.29) is 17.6 Å². The number of hydrogen-bond donors (Lipinski definition) is 1. The van der Waals surface area contributed by atoms with Crippen LogP contribution in [0.1, 0.15) is 23.1 Å². The predicted octanol–water partition coefficient (Wildman–Crippen LogP) is 2.48. The van der Waals surface area contributed by atoms with Gasteiger partial charge in [0.15, 0.2) is 5.82 Å². The Morgan fingerprint density at radius 2 is 2.19 bits per heavy atom. The first-order chi connectivity index (χ1) is 13.1. The highest BCUT2D eigenvalue weighted by atomic mass is 19.1. The van der Waals surface area contributed by atoms with Gasteiger partial charge in [-0.2, -0.15) is 9.37 Å². The van der Waals surface area contributed by atoms with Crippen LogP contribution in [0.5, 0.6) is 5.88 Å². The van der Waals surface area contributed by atoms with Crippen LogP contribution >= 0.6 is 0 Å². The summed E-state index contributed by atoms with van der Waals surface area (Å²) in [5, 5.41) is 2.89. The molecule has 0 atom stereocenters. The van der Waals surface area contributed by atoms with Crippen LogP contribution < -0.4 is 10.1 Å². The summed E-state index contributed by atoms with van der Waals surface area (Å²) in [7, 11) is 1.34. The normalized spacial score (nSPS) is 10.6. The number of carbonyl (C=O) groups excluding carboxylic acids is 1. The van der Waals surface area contributed by atoms with Crippen molar-refractivity contribution >= 4 is 5.91 Å². The van der Waals surface area contributed by atoms with Crippen molar-refractivity contribution in [1.29, 1.82) is 0 Å². The molecule has 0 bridgehead atoms. The summed E-state index contributed by atoms with van der Waals surface area (Å²) >= 11 is 0. The number of aromatic nitrogens is 4. The largest absolute Gasteiger partial charge is 0.479 e. The monoisotopic (exact) mass is 369 g/mol. The molecule has 27 heavy (non-hydrogen) atoms. The van der Waals surface area contributed by atoms with Gasteiger partial charge in [-0.05, 0) is 12.1 Å². The number of benzene rings is 1. The fraction of sp³-hybridized carbons (Fsp3) is 0.263. The molecule has 8 heteroatoms. The molecule has 1 aromatic carbocycles. The molecular weight excluding hydrogens is 349 g/mol. The molecule has 140 valence electrons. The number of rotatable bonds is 7. The first kappa shape index (κ1) is 18.5. The molecule has 0 saturated heterocycles. The Labute approximate surface area is 156 Å².